The van der Waals surface area contributed by atoms with Gasteiger partial charge in [0.05, 0.1) is 16.7 Å². The Labute approximate surface area is 168 Å². The number of nitrogens with one attached hydrogen (secondary N) is 2. The second-order valence-electron chi connectivity index (χ2n) is 6.19. The highest BCUT2D eigenvalue weighted by Gasteiger charge is 2.11. The third-order valence-corrected chi connectivity index (χ3v) is 6.34. The third-order valence-electron chi connectivity index (χ3n) is 4.27. The van der Waals surface area contributed by atoms with Crippen LogP contribution in [0.15, 0.2) is 75.2 Å². The second kappa shape index (κ2) is 7.14. The first-order valence-electron chi connectivity index (χ1n) is 8.66. The van der Waals surface area contributed by atoms with Gasteiger partial charge in [-0.25, -0.2) is 9.97 Å². The van der Waals surface area contributed by atoms with Crippen LogP contribution < -0.4 is 5.56 Å². The molecule has 3 heterocycles. The lowest BCUT2D eigenvalue weighted by Crippen LogP contribution is -2.14. The number of H-pyrrole nitrogens is 2. The Hall–Kier alpha value is -3.10. The minimum absolute atomic E-state index is 0.140. The van der Waals surface area contributed by atoms with Crippen LogP contribution in [-0.2, 0) is 5.75 Å². The van der Waals surface area contributed by atoms with E-state index in [2.05, 4.69) is 37.6 Å². The molecular formula is C20H15N5OS2. The van der Waals surface area contributed by atoms with Crippen LogP contribution in [0.3, 0.4) is 0 Å². The number of thioether (sulfide) groups is 1. The summed E-state index contributed by atoms with van der Waals surface area (Å²) < 4.78 is 2.41. The molecule has 5 rings (SSSR count). The first kappa shape index (κ1) is 17.0. The van der Waals surface area contributed by atoms with Crippen molar-refractivity contribution in [3.05, 3.63) is 82.1 Å². The molecule has 0 aliphatic rings. The van der Waals surface area contributed by atoms with E-state index in [-0.39, 0.29) is 5.56 Å². The summed E-state index contributed by atoms with van der Waals surface area (Å²) in [6, 6.07) is 19.4. The first-order valence-corrected chi connectivity index (χ1v) is 10.5. The molecule has 0 bridgehead atoms. The number of benzene rings is 2. The fourth-order valence-electron chi connectivity index (χ4n) is 2.93. The van der Waals surface area contributed by atoms with Crippen LogP contribution in [0.4, 0.5) is 0 Å². The summed E-state index contributed by atoms with van der Waals surface area (Å²) in [7, 11) is 0. The first-order chi connectivity index (χ1) is 13.8. The molecule has 28 heavy (non-hydrogen) atoms. The zero-order chi connectivity index (χ0) is 18.9. The number of fused-ring (bicyclic) bond motifs is 1. The van der Waals surface area contributed by atoms with Crippen LogP contribution in [0, 0.1) is 0 Å². The van der Waals surface area contributed by atoms with Gasteiger partial charge in [-0.2, -0.15) is 4.68 Å². The summed E-state index contributed by atoms with van der Waals surface area (Å²) in [6.07, 6.45) is 0. The van der Waals surface area contributed by atoms with E-state index in [9.17, 15) is 4.79 Å². The van der Waals surface area contributed by atoms with Gasteiger partial charge in [0.1, 0.15) is 0 Å². The Morgan fingerprint density at radius 2 is 1.86 bits per heavy atom. The topological polar surface area (TPSA) is 79.4 Å². The molecule has 138 valence electrons. The van der Waals surface area contributed by atoms with Gasteiger partial charge in [0.15, 0.2) is 4.34 Å². The monoisotopic (exact) mass is 405 g/mol. The van der Waals surface area contributed by atoms with Gasteiger partial charge in [-0.1, -0.05) is 54.2 Å². The van der Waals surface area contributed by atoms with Crippen LogP contribution in [0.1, 0.15) is 5.69 Å². The van der Waals surface area contributed by atoms with E-state index in [1.807, 2.05) is 42.5 Å². The van der Waals surface area contributed by atoms with Gasteiger partial charge >= 0.3 is 0 Å². The van der Waals surface area contributed by atoms with Crippen LogP contribution in [0.2, 0.25) is 0 Å². The Kier molecular flexibility index (Phi) is 4.34. The Morgan fingerprint density at radius 1 is 1.04 bits per heavy atom. The van der Waals surface area contributed by atoms with E-state index in [0.29, 0.717) is 11.7 Å². The maximum Gasteiger partial charge on any atom is 0.274 e. The van der Waals surface area contributed by atoms with Crippen molar-refractivity contribution in [1.29, 1.82) is 0 Å². The molecule has 2 N–H and O–H groups in total. The molecule has 0 aliphatic heterocycles. The average Bonchev–Trinajstić information content (AvgIpc) is 3.44. The molecule has 0 saturated heterocycles. The van der Waals surface area contributed by atoms with Gasteiger partial charge in [-0.15, -0.1) is 11.3 Å². The van der Waals surface area contributed by atoms with Crippen molar-refractivity contribution in [2.24, 2.45) is 0 Å². The fraction of sp³-hybridized carbons (Fsp3) is 0.0500. The van der Waals surface area contributed by atoms with Crippen molar-refractivity contribution in [3.8, 4) is 17.2 Å². The van der Waals surface area contributed by atoms with Crippen LogP contribution >= 0.6 is 23.1 Å². The molecule has 0 radical (unpaired) electrons. The molecule has 6 nitrogen and oxygen atoms in total. The summed E-state index contributed by atoms with van der Waals surface area (Å²) in [4.78, 5) is 24.7. The molecule has 2 aromatic carbocycles. The van der Waals surface area contributed by atoms with E-state index in [1.165, 1.54) is 4.68 Å². The molecule has 0 unspecified atom stereocenters. The molecule has 0 spiro atoms. The number of aromatic nitrogens is 5. The fourth-order valence-corrected chi connectivity index (χ4v) is 4.66. The van der Waals surface area contributed by atoms with E-state index >= 15 is 0 Å². The maximum absolute atomic E-state index is 12.4. The summed E-state index contributed by atoms with van der Waals surface area (Å²) in [6.45, 7) is 0. The van der Waals surface area contributed by atoms with Gasteiger partial charge in [-0.05, 0) is 12.1 Å². The quantitative estimate of drug-likeness (QED) is 0.423. The number of nitrogens with zero attached hydrogens (tertiary/aromatic N) is 3. The largest absolute Gasteiger partial charge is 0.322 e. The number of aromatic amines is 2. The summed E-state index contributed by atoms with van der Waals surface area (Å²) in [5, 5.41) is 5.19. The van der Waals surface area contributed by atoms with Crippen molar-refractivity contribution >= 4 is 34.1 Å². The lowest BCUT2D eigenvalue weighted by atomic mass is 10.2. The number of hydrogen-bond acceptors (Lipinski definition) is 5. The van der Waals surface area contributed by atoms with E-state index in [1.54, 1.807) is 29.2 Å². The Bertz CT molecular complexity index is 1270. The minimum Gasteiger partial charge on any atom is -0.322 e. The van der Waals surface area contributed by atoms with Crippen molar-refractivity contribution in [3.63, 3.8) is 0 Å². The zero-order valence-corrected chi connectivity index (χ0v) is 16.3. The van der Waals surface area contributed by atoms with Gasteiger partial charge in [0, 0.05) is 28.5 Å². The van der Waals surface area contributed by atoms with Gasteiger partial charge < -0.3 is 4.98 Å². The summed E-state index contributed by atoms with van der Waals surface area (Å²) in [5.74, 6) is 1.12. The molecule has 0 atom stereocenters. The van der Waals surface area contributed by atoms with Crippen LogP contribution in [0.5, 0.6) is 0 Å². The average molecular weight is 406 g/mol. The number of rotatable bonds is 5. The van der Waals surface area contributed by atoms with Crippen LogP contribution in [0.25, 0.3) is 28.2 Å². The number of hydrogen-bond donors (Lipinski definition) is 2. The minimum atomic E-state index is -0.140. The smallest absolute Gasteiger partial charge is 0.274 e. The highest BCUT2D eigenvalue weighted by molar-refractivity contribution is 8.00. The van der Waals surface area contributed by atoms with Crippen molar-refractivity contribution in [2.45, 2.75) is 10.1 Å². The summed E-state index contributed by atoms with van der Waals surface area (Å²) >= 11 is 3.21. The molecule has 0 amide bonds. The Morgan fingerprint density at radius 3 is 2.71 bits per heavy atom. The number of imidazole rings is 1. The lowest BCUT2D eigenvalue weighted by Gasteiger charge is -1.97. The molecule has 0 saturated carbocycles. The van der Waals surface area contributed by atoms with Crippen molar-refractivity contribution < 1.29 is 0 Å². The van der Waals surface area contributed by atoms with E-state index in [0.717, 1.165) is 32.3 Å². The molecule has 0 fully saturated rings. The van der Waals surface area contributed by atoms with Crippen LogP contribution in [-0.4, -0.2) is 24.7 Å². The van der Waals surface area contributed by atoms with Crippen molar-refractivity contribution in [1.82, 2.24) is 24.7 Å². The molecular weight excluding hydrogens is 390 g/mol. The van der Waals surface area contributed by atoms with Gasteiger partial charge in [-0.3, -0.25) is 9.89 Å². The maximum atomic E-state index is 12.4. The molecule has 5 aromatic rings. The van der Waals surface area contributed by atoms with Gasteiger partial charge in [0.2, 0.25) is 5.95 Å². The predicted octanol–water partition coefficient (Wildman–Crippen LogP) is 4.46. The highest BCUT2D eigenvalue weighted by atomic mass is 32.2. The normalized spacial score (nSPS) is 11.3. The zero-order valence-electron chi connectivity index (χ0n) is 14.6. The van der Waals surface area contributed by atoms with Crippen molar-refractivity contribution in [2.75, 3.05) is 0 Å². The highest BCUT2D eigenvalue weighted by Crippen LogP contribution is 2.29. The number of para-hydroxylation sites is 2. The standard InChI is InChI=1S/C20H15N5OS2/c26-18-10-14(24-25(18)19-21-15-8-4-5-9-16(15)22-19)11-27-20-23-17(12-28-20)13-6-2-1-3-7-13/h1-10,12,24H,11H2,(H,21,22). The molecule has 8 heteroatoms. The summed E-state index contributed by atoms with van der Waals surface area (Å²) in [5.41, 5.74) is 4.49. The predicted molar refractivity (Wildman–Crippen MR) is 113 cm³/mol. The number of thiazole rings is 1. The molecule has 0 aliphatic carbocycles. The van der Waals surface area contributed by atoms with Gasteiger partial charge in [0.25, 0.3) is 5.56 Å². The lowest BCUT2D eigenvalue weighted by molar-refractivity contribution is 0.789. The van der Waals surface area contributed by atoms with E-state index in [4.69, 9.17) is 0 Å². The van der Waals surface area contributed by atoms with E-state index < -0.39 is 0 Å². The second-order valence-corrected chi connectivity index (χ2v) is 8.27. The SMILES string of the molecule is O=c1cc(CSc2nc(-c3ccccc3)cs2)[nH]n1-c1nc2ccccc2[nH]1. The molecule has 3 aromatic heterocycles. The third kappa shape index (κ3) is 3.28. The Balaban J connectivity index is 1.34.